The van der Waals surface area contributed by atoms with Gasteiger partial charge >= 0.3 is 0 Å². The van der Waals surface area contributed by atoms with Gasteiger partial charge in [-0.15, -0.1) is 0 Å². The number of halogens is 1. The maximum absolute atomic E-state index is 13.2. The highest BCUT2D eigenvalue weighted by Crippen LogP contribution is 2.46. The van der Waals surface area contributed by atoms with E-state index < -0.39 is 11.9 Å². The van der Waals surface area contributed by atoms with Crippen LogP contribution in [0.4, 0.5) is 4.39 Å². The van der Waals surface area contributed by atoms with E-state index in [9.17, 15) is 9.18 Å². The van der Waals surface area contributed by atoms with E-state index in [1.807, 2.05) is 19.1 Å². The number of carbonyl (C=O) groups excluding carboxylic acids is 1. The Bertz CT molecular complexity index is 698. The average molecular weight is 347 g/mol. The van der Waals surface area contributed by atoms with Crippen molar-refractivity contribution >= 4 is 11.9 Å². The summed E-state index contributed by atoms with van der Waals surface area (Å²) >= 11 is 0. The molecule has 0 spiro atoms. The third-order valence-electron chi connectivity index (χ3n) is 5.37. The van der Waals surface area contributed by atoms with Crippen molar-refractivity contribution in [2.75, 3.05) is 7.05 Å². The Morgan fingerprint density at radius 1 is 1.36 bits per heavy atom. The second-order valence-corrected chi connectivity index (χ2v) is 7.08. The zero-order chi connectivity index (χ0) is 18.2. The molecule has 0 bridgehead atoms. The molecule has 6 heteroatoms. The molecule has 1 aromatic carbocycles. The van der Waals surface area contributed by atoms with Gasteiger partial charge in [0.25, 0.3) is 5.91 Å². The average Bonchev–Trinajstić information content (AvgIpc) is 2.82. The third-order valence-corrected chi connectivity index (χ3v) is 5.37. The number of amides is 1. The summed E-state index contributed by atoms with van der Waals surface area (Å²) in [6.07, 6.45) is 3.90. The predicted molar refractivity (Wildman–Crippen MR) is 95.0 cm³/mol. The van der Waals surface area contributed by atoms with Crippen molar-refractivity contribution in [3.8, 4) is 5.75 Å². The van der Waals surface area contributed by atoms with Gasteiger partial charge in [0.15, 0.2) is 11.5 Å². The lowest BCUT2D eigenvalue weighted by molar-refractivity contribution is -0.133. The molecule has 2 unspecified atom stereocenters. The van der Waals surface area contributed by atoms with Gasteiger partial charge in [0.05, 0.1) is 0 Å². The van der Waals surface area contributed by atoms with Crippen molar-refractivity contribution in [1.82, 2.24) is 4.90 Å². The summed E-state index contributed by atoms with van der Waals surface area (Å²) in [5, 5.41) is 0. The number of alkyl halides is 1. The van der Waals surface area contributed by atoms with E-state index in [0.717, 1.165) is 36.8 Å². The van der Waals surface area contributed by atoms with Crippen molar-refractivity contribution in [2.24, 2.45) is 16.6 Å². The largest absolute Gasteiger partial charge is 0.460 e. The minimum Gasteiger partial charge on any atom is -0.460 e. The first kappa shape index (κ1) is 17.7. The molecule has 136 valence electrons. The van der Waals surface area contributed by atoms with Gasteiger partial charge in [0.2, 0.25) is 6.36 Å². The van der Waals surface area contributed by atoms with Gasteiger partial charge < -0.3 is 10.5 Å². The Morgan fingerprint density at radius 2 is 2.04 bits per heavy atom. The van der Waals surface area contributed by atoms with E-state index in [1.165, 1.54) is 18.2 Å². The molecule has 2 N–H and O–H groups in total. The lowest BCUT2D eigenvalue weighted by atomic mass is 9.70. The molecule has 1 aliphatic heterocycles. The summed E-state index contributed by atoms with van der Waals surface area (Å²) in [7, 11) is 1.67. The molecule has 0 radical (unpaired) electrons. The molecule has 25 heavy (non-hydrogen) atoms. The van der Waals surface area contributed by atoms with Crippen LogP contribution in [0.15, 0.2) is 23.2 Å². The molecule has 0 aromatic heterocycles. The Balaban J connectivity index is 2.07. The number of carbonyl (C=O) groups is 1. The second kappa shape index (κ2) is 6.65. The van der Waals surface area contributed by atoms with Crippen LogP contribution in [0.3, 0.4) is 0 Å². The summed E-state index contributed by atoms with van der Waals surface area (Å²) in [6, 6.07) is 5.44. The maximum atomic E-state index is 13.2. The molecular formula is C19H26FN3O2. The zero-order valence-corrected chi connectivity index (χ0v) is 15.1. The normalized spacial score (nSPS) is 25.8. The molecule has 2 aliphatic rings. The molecular weight excluding hydrogens is 321 g/mol. The van der Waals surface area contributed by atoms with Crippen molar-refractivity contribution in [3.63, 3.8) is 0 Å². The third kappa shape index (κ3) is 2.98. The zero-order valence-electron chi connectivity index (χ0n) is 15.1. The second-order valence-electron chi connectivity index (χ2n) is 7.08. The Labute approximate surface area is 148 Å². The summed E-state index contributed by atoms with van der Waals surface area (Å²) in [5.41, 5.74) is 6.63. The van der Waals surface area contributed by atoms with Crippen LogP contribution in [0.1, 0.15) is 50.2 Å². The Kier molecular flexibility index (Phi) is 4.71. The van der Waals surface area contributed by atoms with Crippen LogP contribution in [-0.4, -0.2) is 30.2 Å². The molecule has 3 rings (SSSR count). The van der Waals surface area contributed by atoms with E-state index in [4.69, 9.17) is 10.5 Å². The van der Waals surface area contributed by atoms with Gasteiger partial charge in [-0.2, -0.15) is 0 Å². The van der Waals surface area contributed by atoms with Crippen LogP contribution in [0.5, 0.6) is 5.75 Å². The van der Waals surface area contributed by atoms with Crippen LogP contribution < -0.4 is 10.5 Å². The van der Waals surface area contributed by atoms with Gasteiger partial charge in [-0.05, 0) is 48.9 Å². The van der Waals surface area contributed by atoms with Gasteiger partial charge in [0, 0.05) is 14.0 Å². The van der Waals surface area contributed by atoms with Crippen LogP contribution in [-0.2, 0) is 10.3 Å². The number of guanidine groups is 1. The fourth-order valence-electron chi connectivity index (χ4n) is 4.07. The number of rotatable bonds is 4. The number of aryl methyl sites for hydroxylation is 1. The molecule has 0 saturated heterocycles. The number of nitrogens with two attached hydrogens (primary N) is 1. The van der Waals surface area contributed by atoms with E-state index in [2.05, 4.69) is 4.99 Å². The Hall–Kier alpha value is -2.11. The van der Waals surface area contributed by atoms with Crippen LogP contribution in [0.2, 0.25) is 0 Å². The molecule has 2 atom stereocenters. The minimum absolute atomic E-state index is 0.0798. The molecule has 1 aliphatic carbocycles. The monoisotopic (exact) mass is 347 g/mol. The van der Waals surface area contributed by atoms with Crippen molar-refractivity contribution in [3.05, 3.63) is 29.3 Å². The van der Waals surface area contributed by atoms with Gasteiger partial charge in [-0.25, -0.2) is 9.38 Å². The Morgan fingerprint density at radius 3 is 2.56 bits per heavy atom. The molecule has 1 aromatic rings. The van der Waals surface area contributed by atoms with E-state index in [0.29, 0.717) is 5.75 Å². The SMILES string of the molecule is Cc1cc(C2(C3CCCCC3)N=C(N)N(C)C2=O)ccc1OC(C)F. The van der Waals surface area contributed by atoms with Crippen molar-refractivity contribution < 1.29 is 13.9 Å². The number of aliphatic imine (C=N–C) groups is 1. The first-order valence-corrected chi connectivity index (χ1v) is 8.91. The number of ether oxygens (including phenoxy) is 1. The van der Waals surface area contributed by atoms with Crippen molar-refractivity contribution in [1.29, 1.82) is 0 Å². The van der Waals surface area contributed by atoms with E-state index in [1.54, 1.807) is 13.1 Å². The molecule has 1 amide bonds. The van der Waals surface area contributed by atoms with E-state index in [-0.39, 0.29) is 17.8 Å². The minimum atomic E-state index is -1.38. The maximum Gasteiger partial charge on any atom is 0.261 e. The highest BCUT2D eigenvalue weighted by Gasteiger charge is 2.53. The van der Waals surface area contributed by atoms with Crippen LogP contribution in [0, 0.1) is 12.8 Å². The van der Waals surface area contributed by atoms with E-state index >= 15 is 0 Å². The molecule has 5 nitrogen and oxygen atoms in total. The number of hydrogen-bond donors (Lipinski definition) is 1. The highest BCUT2D eigenvalue weighted by molar-refractivity contribution is 6.07. The number of benzene rings is 1. The first-order chi connectivity index (χ1) is 11.9. The lowest BCUT2D eigenvalue weighted by Crippen LogP contribution is -2.45. The smallest absolute Gasteiger partial charge is 0.261 e. The molecule has 1 heterocycles. The first-order valence-electron chi connectivity index (χ1n) is 8.91. The summed E-state index contributed by atoms with van der Waals surface area (Å²) < 4.78 is 18.4. The fraction of sp³-hybridized carbons (Fsp3) is 0.579. The number of nitrogens with zero attached hydrogens (tertiary/aromatic N) is 2. The number of likely N-dealkylation sites (N-methyl/N-ethyl adjacent to an activating group) is 1. The highest BCUT2D eigenvalue weighted by atomic mass is 19.1. The number of hydrogen-bond acceptors (Lipinski definition) is 4. The standard InChI is InChI=1S/C19H26FN3O2/c1-12-11-15(9-10-16(12)25-13(2)20)19(14-7-5-4-6-8-14)17(24)23(3)18(21)22-19/h9-11,13-14H,4-8H2,1-3H3,(H2,21,22). The van der Waals surface area contributed by atoms with Crippen molar-refractivity contribution in [2.45, 2.75) is 57.8 Å². The van der Waals surface area contributed by atoms with Gasteiger partial charge in [0.1, 0.15) is 5.75 Å². The molecule has 1 fully saturated rings. The van der Waals surface area contributed by atoms with Crippen LogP contribution >= 0.6 is 0 Å². The van der Waals surface area contributed by atoms with Gasteiger partial charge in [-0.1, -0.05) is 25.3 Å². The lowest BCUT2D eigenvalue weighted by Gasteiger charge is -2.36. The summed E-state index contributed by atoms with van der Waals surface area (Å²) in [6.45, 7) is 3.20. The van der Waals surface area contributed by atoms with Gasteiger partial charge in [-0.3, -0.25) is 9.69 Å². The van der Waals surface area contributed by atoms with Crippen LogP contribution in [0.25, 0.3) is 0 Å². The molecule has 1 saturated carbocycles. The fourth-order valence-corrected chi connectivity index (χ4v) is 4.07. The topological polar surface area (TPSA) is 67.9 Å². The summed E-state index contributed by atoms with van der Waals surface area (Å²) in [4.78, 5) is 19.3. The summed E-state index contributed by atoms with van der Waals surface area (Å²) in [5.74, 6) is 0.784. The predicted octanol–water partition coefficient (Wildman–Crippen LogP) is 3.25. The quantitative estimate of drug-likeness (QED) is 0.909.